The number of hydrogen-bond acceptors (Lipinski definition) is 4. The zero-order chi connectivity index (χ0) is 5.21. The Kier molecular flexibility index (Phi) is 4.98. The molecule has 1 radical (unpaired) electrons. The van der Waals surface area contributed by atoms with Crippen LogP contribution < -0.4 is 5.90 Å². The average Bonchev–Trinajstić information content (AvgIpc) is 1.35. The van der Waals surface area contributed by atoms with Crippen molar-refractivity contribution in [3.05, 3.63) is 0 Å². The van der Waals surface area contributed by atoms with Crippen molar-refractivity contribution in [1.82, 2.24) is 0 Å². The van der Waals surface area contributed by atoms with Gasteiger partial charge in [0.2, 0.25) is 0 Å². The second kappa shape index (κ2) is 3.36. The number of nitrogens with two attached hydrogens (primary N) is 1. The fraction of sp³-hybridized carbons (Fsp3) is 0. The Morgan fingerprint density at radius 1 is 1.57 bits per heavy atom. The molecule has 0 aromatic carbocycles. The molecule has 0 aliphatic heterocycles. The monoisotopic (exact) mass is 176 g/mol. The van der Waals surface area contributed by atoms with E-state index in [0.717, 1.165) is 0 Å². The van der Waals surface area contributed by atoms with Crippen molar-refractivity contribution in [3.63, 3.8) is 0 Å². The first kappa shape index (κ1) is 10.4. The van der Waals surface area contributed by atoms with E-state index in [1.54, 1.807) is 0 Å². The van der Waals surface area contributed by atoms with Gasteiger partial charge in [-0.05, 0) is 0 Å². The van der Waals surface area contributed by atoms with Crippen molar-refractivity contribution in [2.45, 2.75) is 0 Å². The second-order valence-corrected chi connectivity index (χ2v) is 1.57. The molecule has 0 fully saturated rings. The fourth-order valence-corrected chi connectivity index (χ4v) is 0. The maximum atomic E-state index is 9.21. The van der Waals surface area contributed by atoms with Gasteiger partial charge in [-0.25, -0.2) is 0 Å². The van der Waals surface area contributed by atoms with E-state index in [1.807, 2.05) is 0 Å². The molecule has 0 aromatic heterocycles. The first-order valence-electron chi connectivity index (χ1n) is 0.918. The Morgan fingerprint density at radius 2 is 1.71 bits per heavy atom. The molecule has 0 saturated heterocycles. The molecular formula is H3CuNO4S. The molecule has 0 atom stereocenters. The van der Waals surface area contributed by atoms with Crippen LogP contribution in [-0.4, -0.2) is 13.0 Å². The maximum absolute atomic E-state index is 9.21. The average molecular weight is 177 g/mol. The van der Waals surface area contributed by atoms with Gasteiger partial charge in [0.15, 0.2) is 0 Å². The normalized spacial score (nSPS) is 10.0. The van der Waals surface area contributed by atoms with Crippen LogP contribution in [0.25, 0.3) is 0 Å². The number of hydrogen-bond donors (Lipinski definition) is 2. The minimum atomic E-state index is -4.38. The van der Waals surface area contributed by atoms with Gasteiger partial charge in [0.05, 0.1) is 0 Å². The summed E-state index contributed by atoms with van der Waals surface area (Å²) in [4.78, 5) is 0. The van der Waals surface area contributed by atoms with Crippen LogP contribution in [-0.2, 0) is 31.8 Å². The van der Waals surface area contributed by atoms with E-state index in [0.29, 0.717) is 0 Å². The van der Waals surface area contributed by atoms with E-state index in [-0.39, 0.29) is 17.1 Å². The van der Waals surface area contributed by atoms with E-state index in [1.165, 1.54) is 0 Å². The molecule has 0 rings (SSSR count). The molecule has 0 bridgehead atoms. The van der Waals surface area contributed by atoms with Crippen LogP contribution in [0.5, 0.6) is 0 Å². The van der Waals surface area contributed by atoms with Crippen molar-refractivity contribution < 1.29 is 34.3 Å². The zero-order valence-electron chi connectivity index (χ0n) is 2.96. The predicted octanol–water partition coefficient (Wildman–Crippen LogP) is -1.32. The summed E-state index contributed by atoms with van der Waals surface area (Å²) in [6, 6.07) is 0. The summed E-state index contributed by atoms with van der Waals surface area (Å²) in [7, 11) is -4.38. The Hall–Kier alpha value is 0.349. The third kappa shape index (κ3) is 10.7. The predicted molar refractivity (Wildman–Crippen MR) is 16.8 cm³/mol. The first-order chi connectivity index (χ1) is 2.56. The molecule has 0 amide bonds. The molecular weight excluding hydrogens is 174 g/mol. The van der Waals surface area contributed by atoms with Gasteiger partial charge in [0.1, 0.15) is 0 Å². The molecule has 0 saturated carbocycles. The van der Waals surface area contributed by atoms with Gasteiger partial charge in [-0.3, -0.25) is 4.55 Å². The molecule has 0 aliphatic rings. The minimum Gasteiger partial charge on any atom is -0.262 e. The van der Waals surface area contributed by atoms with Crippen LogP contribution in [0.15, 0.2) is 0 Å². The first-order valence-corrected chi connectivity index (χ1v) is 2.28. The molecule has 5 nitrogen and oxygen atoms in total. The summed E-state index contributed by atoms with van der Waals surface area (Å²) in [6.07, 6.45) is 0. The molecule has 0 unspecified atom stereocenters. The Balaban J connectivity index is 0. The third-order valence-electron chi connectivity index (χ3n) is 0.122. The molecule has 0 aliphatic carbocycles. The van der Waals surface area contributed by atoms with E-state index in [4.69, 9.17) is 4.55 Å². The van der Waals surface area contributed by atoms with Crippen molar-refractivity contribution in [1.29, 1.82) is 0 Å². The van der Waals surface area contributed by atoms with Gasteiger partial charge in [0, 0.05) is 17.1 Å². The second-order valence-electron chi connectivity index (χ2n) is 0.524. The molecule has 49 valence electrons. The van der Waals surface area contributed by atoms with Crippen LogP contribution in [0, 0.1) is 0 Å². The van der Waals surface area contributed by atoms with Gasteiger partial charge in [-0.2, -0.15) is 18.6 Å². The van der Waals surface area contributed by atoms with Crippen LogP contribution in [0.1, 0.15) is 0 Å². The van der Waals surface area contributed by atoms with Crippen molar-refractivity contribution >= 4 is 10.4 Å². The minimum absolute atomic E-state index is 0. The molecule has 3 N–H and O–H groups in total. The van der Waals surface area contributed by atoms with Crippen LogP contribution >= 0.6 is 0 Å². The summed E-state index contributed by atoms with van der Waals surface area (Å²) in [5.41, 5.74) is 0. The molecule has 7 heteroatoms. The molecule has 0 aromatic rings. The van der Waals surface area contributed by atoms with Crippen molar-refractivity contribution in [2.75, 3.05) is 0 Å². The standard InChI is InChI=1S/Cu.H3NO4S/c;1-5-6(2,3)4/h;1H2,(H,2,3,4). The topological polar surface area (TPSA) is 89.6 Å². The smallest absolute Gasteiger partial charge is 0.262 e. The molecule has 0 spiro atoms. The largest absolute Gasteiger partial charge is 0.413 e. The van der Waals surface area contributed by atoms with E-state index in [2.05, 4.69) is 10.2 Å². The number of rotatable bonds is 1. The third-order valence-corrected chi connectivity index (χ3v) is 0.365. The Bertz CT molecular complexity index is 114. The maximum Gasteiger partial charge on any atom is 0.413 e. The Labute approximate surface area is 51.2 Å². The summed E-state index contributed by atoms with van der Waals surface area (Å²) < 4.78 is 28.8. The summed E-state index contributed by atoms with van der Waals surface area (Å²) in [5, 5.41) is 0. The SMILES string of the molecule is NOS(=O)(=O)O.[Cu]. The zero-order valence-corrected chi connectivity index (χ0v) is 4.72. The fourth-order valence-electron chi connectivity index (χ4n) is 0. The van der Waals surface area contributed by atoms with Crippen LogP contribution in [0.3, 0.4) is 0 Å². The summed E-state index contributed by atoms with van der Waals surface area (Å²) in [5.74, 6) is 3.97. The van der Waals surface area contributed by atoms with Crippen LogP contribution in [0.4, 0.5) is 0 Å². The quantitative estimate of drug-likeness (QED) is 0.294. The molecule has 0 heterocycles. The van der Waals surface area contributed by atoms with Crippen LogP contribution in [0.2, 0.25) is 0 Å². The van der Waals surface area contributed by atoms with Crippen molar-refractivity contribution in [2.24, 2.45) is 5.90 Å². The molecule has 7 heavy (non-hydrogen) atoms. The van der Waals surface area contributed by atoms with Crippen molar-refractivity contribution in [3.8, 4) is 0 Å². The summed E-state index contributed by atoms with van der Waals surface area (Å²) >= 11 is 0. The van der Waals surface area contributed by atoms with Gasteiger partial charge in [-0.1, -0.05) is 0 Å². The van der Waals surface area contributed by atoms with E-state index < -0.39 is 10.4 Å². The summed E-state index contributed by atoms with van der Waals surface area (Å²) in [6.45, 7) is 0. The van der Waals surface area contributed by atoms with Gasteiger partial charge >= 0.3 is 10.4 Å². The Morgan fingerprint density at radius 3 is 1.71 bits per heavy atom. The van der Waals surface area contributed by atoms with Gasteiger partial charge < -0.3 is 0 Å². The van der Waals surface area contributed by atoms with E-state index in [9.17, 15) is 8.42 Å². The van der Waals surface area contributed by atoms with E-state index >= 15 is 0 Å². The van der Waals surface area contributed by atoms with Gasteiger partial charge in [0.25, 0.3) is 0 Å². The van der Waals surface area contributed by atoms with Gasteiger partial charge in [-0.15, -0.1) is 0 Å².